The fourth-order valence-electron chi connectivity index (χ4n) is 4.55. The summed E-state index contributed by atoms with van der Waals surface area (Å²) in [5.74, 6) is -0.0296. The van der Waals surface area contributed by atoms with Gasteiger partial charge < -0.3 is 20.9 Å². The first-order chi connectivity index (χ1) is 17.9. The predicted octanol–water partition coefficient (Wildman–Crippen LogP) is 4.42. The predicted molar refractivity (Wildman–Crippen MR) is 154 cm³/mol. The number of halogens is 1. The van der Waals surface area contributed by atoms with Crippen LogP contribution in [-0.4, -0.2) is 63.1 Å². The lowest BCUT2D eigenvalue weighted by atomic mass is 10.1. The highest BCUT2D eigenvalue weighted by Crippen LogP contribution is 2.28. The standard InChI is InChI=1S/C28H39ClN4O4S/c1-19(2)15-33(16-20(3)4)13-5-12-30-27(34)22-8-11-24-25(14-22)32-28(35)26(31-24)18-38(36,37)17-21-6-9-23(29)10-7-21/h6-11,14,19-20,26,31H,5,12-13,15-18H2,1-4H3,(H,30,34)(H,32,35). The van der Waals surface area contributed by atoms with Crippen LogP contribution in [0.1, 0.15) is 50.0 Å². The number of nitrogens with zero attached hydrogens (tertiary/aromatic N) is 1. The quantitative estimate of drug-likeness (QED) is 0.312. The molecule has 38 heavy (non-hydrogen) atoms. The Morgan fingerprint density at radius 1 is 1.03 bits per heavy atom. The van der Waals surface area contributed by atoms with Crippen molar-refractivity contribution in [3.8, 4) is 0 Å². The summed E-state index contributed by atoms with van der Waals surface area (Å²) in [7, 11) is -3.57. The van der Waals surface area contributed by atoms with Gasteiger partial charge in [0.25, 0.3) is 5.91 Å². The molecule has 1 heterocycles. The average molecular weight is 563 g/mol. The number of amides is 2. The van der Waals surface area contributed by atoms with Crippen molar-refractivity contribution < 1.29 is 18.0 Å². The monoisotopic (exact) mass is 562 g/mol. The fourth-order valence-corrected chi connectivity index (χ4v) is 6.24. The zero-order valence-electron chi connectivity index (χ0n) is 22.6. The number of anilines is 2. The molecule has 2 aromatic rings. The molecule has 0 saturated carbocycles. The molecular weight excluding hydrogens is 524 g/mol. The Morgan fingerprint density at radius 3 is 2.32 bits per heavy atom. The van der Waals surface area contributed by atoms with Gasteiger partial charge >= 0.3 is 0 Å². The van der Waals surface area contributed by atoms with Crippen LogP contribution in [0.2, 0.25) is 5.02 Å². The topological polar surface area (TPSA) is 108 Å². The van der Waals surface area contributed by atoms with Gasteiger partial charge in [-0.15, -0.1) is 0 Å². The molecule has 0 bridgehead atoms. The number of carbonyl (C=O) groups excluding carboxylic acids is 2. The Kier molecular flexibility index (Phi) is 10.6. The van der Waals surface area contributed by atoms with Crippen molar-refractivity contribution in [3.05, 3.63) is 58.6 Å². The summed E-state index contributed by atoms with van der Waals surface area (Å²) in [4.78, 5) is 27.8. The van der Waals surface area contributed by atoms with Gasteiger partial charge in [-0.1, -0.05) is 51.4 Å². The van der Waals surface area contributed by atoms with E-state index in [9.17, 15) is 18.0 Å². The van der Waals surface area contributed by atoms with Crippen LogP contribution in [0.15, 0.2) is 42.5 Å². The lowest BCUT2D eigenvalue weighted by Gasteiger charge is -2.27. The van der Waals surface area contributed by atoms with Crippen molar-refractivity contribution >= 4 is 44.6 Å². The number of fused-ring (bicyclic) bond motifs is 1. The largest absolute Gasteiger partial charge is 0.371 e. The van der Waals surface area contributed by atoms with Gasteiger partial charge in [-0.2, -0.15) is 0 Å². The lowest BCUT2D eigenvalue weighted by molar-refractivity contribution is -0.116. The maximum Gasteiger partial charge on any atom is 0.251 e. The summed E-state index contributed by atoms with van der Waals surface area (Å²) in [5.41, 5.74) is 2.06. The van der Waals surface area contributed by atoms with Crippen LogP contribution in [0.5, 0.6) is 0 Å². The highest BCUT2D eigenvalue weighted by Gasteiger charge is 2.30. The van der Waals surface area contributed by atoms with E-state index in [1.807, 2.05) is 0 Å². The van der Waals surface area contributed by atoms with Crippen LogP contribution in [0, 0.1) is 11.8 Å². The Balaban J connectivity index is 1.54. The number of carbonyl (C=O) groups is 2. The molecule has 0 saturated heterocycles. The van der Waals surface area contributed by atoms with E-state index in [2.05, 4.69) is 48.5 Å². The molecule has 0 radical (unpaired) electrons. The summed E-state index contributed by atoms with van der Waals surface area (Å²) in [6, 6.07) is 10.6. The summed E-state index contributed by atoms with van der Waals surface area (Å²) >= 11 is 5.87. The van der Waals surface area contributed by atoms with Crippen LogP contribution in [0.25, 0.3) is 0 Å². The normalized spacial score (nSPS) is 15.4. The summed E-state index contributed by atoms with van der Waals surface area (Å²) in [6.45, 7) is 12.4. The molecule has 8 nitrogen and oxygen atoms in total. The van der Waals surface area contributed by atoms with Gasteiger partial charge in [-0.3, -0.25) is 9.59 Å². The lowest BCUT2D eigenvalue weighted by Crippen LogP contribution is -2.43. The Hall–Kier alpha value is -2.62. The van der Waals surface area contributed by atoms with E-state index < -0.39 is 21.8 Å². The van der Waals surface area contributed by atoms with Crippen LogP contribution in [0.4, 0.5) is 11.4 Å². The second kappa shape index (κ2) is 13.4. The molecule has 208 valence electrons. The minimum absolute atomic E-state index is 0.186. The average Bonchev–Trinajstić information content (AvgIpc) is 2.82. The number of sulfone groups is 1. The summed E-state index contributed by atoms with van der Waals surface area (Å²) in [5, 5.41) is 9.24. The molecular formula is C28H39ClN4O4S. The molecule has 1 unspecified atom stereocenters. The van der Waals surface area contributed by atoms with Gasteiger partial charge in [-0.05, 0) is 60.7 Å². The summed E-state index contributed by atoms with van der Waals surface area (Å²) < 4.78 is 25.4. The molecule has 2 amide bonds. The van der Waals surface area contributed by atoms with Crippen molar-refractivity contribution in [1.82, 2.24) is 10.2 Å². The van der Waals surface area contributed by atoms with Gasteiger partial charge in [0.05, 0.1) is 22.9 Å². The molecule has 1 atom stereocenters. The van der Waals surface area contributed by atoms with Gasteiger partial charge in [0.15, 0.2) is 9.84 Å². The molecule has 10 heteroatoms. The first-order valence-electron chi connectivity index (χ1n) is 13.1. The van der Waals surface area contributed by atoms with E-state index >= 15 is 0 Å². The first kappa shape index (κ1) is 29.9. The number of hydrogen-bond acceptors (Lipinski definition) is 6. The molecule has 3 rings (SSSR count). The van der Waals surface area contributed by atoms with E-state index in [0.717, 1.165) is 26.1 Å². The highest BCUT2D eigenvalue weighted by molar-refractivity contribution is 7.90. The van der Waals surface area contributed by atoms with E-state index in [1.165, 1.54) is 0 Å². The van der Waals surface area contributed by atoms with Crippen LogP contribution < -0.4 is 16.0 Å². The van der Waals surface area contributed by atoms with Crippen LogP contribution >= 0.6 is 11.6 Å². The first-order valence-corrected chi connectivity index (χ1v) is 15.3. The van der Waals surface area contributed by atoms with Gasteiger partial charge in [0.2, 0.25) is 5.91 Å². The molecule has 0 aliphatic carbocycles. The second-order valence-corrected chi connectivity index (χ2v) is 13.3. The number of benzene rings is 2. The third-order valence-electron chi connectivity index (χ3n) is 6.09. The Labute approximate surface area is 231 Å². The molecule has 1 aliphatic heterocycles. The number of nitrogens with one attached hydrogen (secondary N) is 3. The van der Waals surface area contributed by atoms with Crippen molar-refractivity contribution in [3.63, 3.8) is 0 Å². The third kappa shape index (κ3) is 9.29. The van der Waals surface area contributed by atoms with Gasteiger partial charge in [0, 0.05) is 30.2 Å². The molecule has 0 fully saturated rings. The van der Waals surface area contributed by atoms with E-state index in [4.69, 9.17) is 11.6 Å². The summed E-state index contributed by atoms with van der Waals surface area (Å²) in [6.07, 6.45) is 0.848. The SMILES string of the molecule is CC(C)CN(CCCNC(=O)c1ccc2c(c1)NC(=O)C(CS(=O)(=O)Cc1ccc(Cl)cc1)N2)CC(C)C. The fraction of sp³-hybridized carbons (Fsp3) is 0.500. The van der Waals surface area contributed by atoms with E-state index in [1.54, 1.807) is 42.5 Å². The van der Waals surface area contributed by atoms with Crippen molar-refractivity contribution in [2.75, 3.05) is 42.6 Å². The second-order valence-electron chi connectivity index (χ2n) is 10.8. The Bertz CT molecular complexity index is 1210. The number of hydrogen-bond donors (Lipinski definition) is 3. The maximum atomic E-state index is 12.7. The van der Waals surface area contributed by atoms with E-state index in [0.29, 0.717) is 45.9 Å². The molecule has 0 aromatic heterocycles. The molecule has 3 N–H and O–H groups in total. The molecule has 0 spiro atoms. The minimum Gasteiger partial charge on any atom is -0.371 e. The van der Waals surface area contributed by atoms with Crippen molar-refractivity contribution in [2.45, 2.75) is 45.9 Å². The maximum absolute atomic E-state index is 12.7. The zero-order chi connectivity index (χ0) is 27.9. The van der Waals surface area contributed by atoms with Gasteiger partial charge in [-0.25, -0.2) is 8.42 Å². The van der Waals surface area contributed by atoms with Crippen LogP contribution in [0.3, 0.4) is 0 Å². The number of rotatable bonds is 13. The third-order valence-corrected chi connectivity index (χ3v) is 7.96. The smallest absolute Gasteiger partial charge is 0.251 e. The Morgan fingerprint density at radius 2 is 1.68 bits per heavy atom. The minimum atomic E-state index is -3.57. The molecule has 2 aromatic carbocycles. The highest BCUT2D eigenvalue weighted by atomic mass is 35.5. The van der Waals surface area contributed by atoms with Gasteiger partial charge in [0.1, 0.15) is 6.04 Å². The van der Waals surface area contributed by atoms with E-state index in [-0.39, 0.29) is 17.4 Å². The van der Waals surface area contributed by atoms with Crippen molar-refractivity contribution in [1.29, 1.82) is 0 Å². The van der Waals surface area contributed by atoms with Crippen molar-refractivity contribution in [2.24, 2.45) is 11.8 Å². The zero-order valence-corrected chi connectivity index (χ0v) is 24.2. The van der Waals surface area contributed by atoms with Crippen LogP contribution in [-0.2, 0) is 20.4 Å². The molecule has 1 aliphatic rings.